The number of anilines is 2. The number of carbonyl (C=O) groups is 1. The third-order valence-corrected chi connectivity index (χ3v) is 7.88. The Balaban J connectivity index is 1.65. The van der Waals surface area contributed by atoms with Crippen LogP contribution in [0.5, 0.6) is 5.75 Å². The van der Waals surface area contributed by atoms with Crippen LogP contribution in [-0.2, 0) is 16.6 Å². The second kappa shape index (κ2) is 10.3. The molecule has 1 aromatic heterocycles. The molecule has 3 N–H and O–H groups in total. The van der Waals surface area contributed by atoms with Crippen molar-refractivity contribution >= 4 is 44.0 Å². The topological polar surface area (TPSA) is 154 Å². The molecule has 0 atom stereocenters. The van der Waals surface area contributed by atoms with Crippen molar-refractivity contribution in [3.05, 3.63) is 93.8 Å². The maximum absolute atomic E-state index is 13.7. The van der Waals surface area contributed by atoms with Crippen molar-refractivity contribution in [2.75, 3.05) is 10.6 Å². The zero-order chi connectivity index (χ0) is 28.6. The van der Waals surface area contributed by atoms with Crippen molar-refractivity contribution in [2.45, 2.75) is 31.7 Å². The molecule has 0 saturated carbocycles. The van der Waals surface area contributed by atoms with E-state index < -0.39 is 27.2 Å². The Morgan fingerprint density at radius 1 is 1.12 bits per heavy atom. The Morgan fingerprint density at radius 2 is 1.90 bits per heavy atom. The SMILES string of the molecule is CC(C)CCn1c(=O)c(C2=NS(=O)(=O)c3ccccc3N2)c(O)c2cc(NC(=O)c3cccc(C#N)c3)ccc21. The molecule has 0 saturated heterocycles. The van der Waals surface area contributed by atoms with E-state index in [4.69, 9.17) is 5.26 Å². The summed E-state index contributed by atoms with van der Waals surface area (Å²) in [4.78, 5) is 26.6. The number of hydrogen-bond donors (Lipinski definition) is 3. The highest BCUT2D eigenvalue weighted by Crippen LogP contribution is 2.33. The minimum Gasteiger partial charge on any atom is -0.506 e. The molecule has 0 spiro atoms. The summed E-state index contributed by atoms with van der Waals surface area (Å²) >= 11 is 0. The van der Waals surface area contributed by atoms with E-state index in [9.17, 15) is 23.1 Å². The highest BCUT2D eigenvalue weighted by molar-refractivity contribution is 7.90. The van der Waals surface area contributed by atoms with Gasteiger partial charge < -0.3 is 20.3 Å². The highest BCUT2D eigenvalue weighted by Gasteiger charge is 2.29. The quantitative estimate of drug-likeness (QED) is 0.318. The van der Waals surface area contributed by atoms with Crippen molar-refractivity contribution < 1.29 is 18.3 Å². The molecule has 1 amide bonds. The molecule has 4 aromatic rings. The molecule has 11 heteroatoms. The molecule has 0 bridgehead atoms. The van der Waals surface area contributed by atoms with E-state index in [-0.39, 0.29) is 38.8 Å². The van der Waals surface area contributed by atoms with Crippen molar-refractivity contribution in [1.29, 1.82) is 5.26 Å². The molecule has 1 aliphatic heterocycles. The largest absolute Gasteiger partial charge is 0.506 e. The van der Waals surface area contributed by atoms with Crippen LogP contribution in [0, 0.1) is 17.2 Å². The monoisotopic (exact) mass is 555 g/mol. The number of aryl methyl sites for hydroxylation is 1. The molecule has 3 aromatic carbocycles. The third kappa shape index (κ3) is 4.92. The van der Waals surface area contributed by atoms with E-state index in [1.54, 1.807) is 48.5 Å². The van der Waals surface area contributed by atoms with Crippen molar-refractivity contribution in [1.82, 2.24) is 4.57 Å². The van der Waals surface area contributed by atoms with Gasteiger partial charge >= 0.3 is 0 Å². The Bertz CT molecular complexity index is 1920. The van der Waals surface area contributed by atoms with Gasteiger partial charge in [-0.1, -0.05) is 32.0 Å². The highest BCUT2D eigenvalue weighted by atomic mass is 32.2. The van der Waals surface area contributed by atoms with E-state index in [0.29, 0.717) is 29.7 Å². The number of amidine groups is 1. The number of amides is 1. The Kier molecular flexibility index (Phi) is 6.87. The first kappa shape index (κ1) is 26.6. The zero-order valence-corrected chi connectivity index (χ0v) is 22.5. The van der Waals surface area contributed by atoms with Crippen LogP contribution in [-0.4, -0.2) is 29.8 Å². The number of nitrogens with zero attached hydrogens (tertiary/aromatic N) is 3. The smallest absolute Gasteiger partial charge is 0.286 e. The lowest BCUT2D eigenvalue weighted by Gasteiger charge is -2.21. The van der Waals surface area contributed by atoms with Gasteiger partial charge in [0.15, 0.2) is 5.84 Å². The van der Waals surface area contributed by atoms with Gasteiger partial charge in [-0.15, -0.1) is 4.40 Å². The van der Waals surface area contributed by atoms with Crippen LogP contribution in [0.25, 0.3) is 10.9 Å². The summed E-state index contributed by atoms with van der Waals surface area (Å²) in [5.41, 5.74) is 0.690. The summed E-state index contributed by atoms with van der Waals surface area (Å²) in [6.45, 7) is 4.34. The lowest BCUT2D eigenvalue weighted by molar-refractivity contribution is 0.102. The molecule has 10 nitrogen and oxygen atoms in total. The van der Waals surface area contributed by atoms with Gasteiger partial charge in [0, 0.05) is 23.2 Å². The van der Waals surface area contributed by atoms with E-state index >= 15 is 0 Å². The number of pyridine rings is 1. The zero-order valence-electron chi connectivity index (χ0n) is 21.7. The maximum atomic E-state index is 13.7. The molecule has 1 aliphatic rings. The van der Waals surface area contributed by atoms with Gasteiger partial charge in [0.05, 0.1) is 22.8 Å². The van der Waals surface area contributed by atoms with Crippen LogP contribution >= 0.6 is 0 Å². The van der Waals surface area contributed by atoms with Crippen LogP contribution in [0.2, 0.25) is 0 Å². The van der Waals surface area contributed by atoms with Crippen molar-refractivity contribution in [3.8, 4) is 11.8 Å². The number of fused-ring (bicyclic) bond motifs is 2. The molecular formula is C29H25N5O5S. The van der Waals surface area contributed by atoms with Gasteiger partial charge in [-0.05, 0) is 60.9 Å². The van der Waals surface area contributed by atoms with Crippen LogP contribution in [0.3, 0.4) is 0 Å². The molecule has 0 unspecified atom stereocenters. The van der Waals surface area contributed by atoms with Crippen LogP contribution in [0.1, 0.15) is 41.8 Å². The first-order chi connectivity index (χ1) is 19.1. The molecule has 0 fully saturated rings. The second-order valence-corrected chi connectivity index (χ2v) is 11.4. The van der Waals surface area contributed by atoms with Gasteiger partial charge in [0.25, 0.3) is 21.5 Å². The van der Waals surface area contributed by atoms with E-state index in [1.807, 2.05) is 19.9 Å². The summed E-state index contributed by atoms with van der Waals surface area (Å²) in [5.74, 6) is -0.960. The number of sulfonamides is 1. The number of rotatable bonds is 6. The predicted molar refractivity (Wildman–Crippen MR) is 152 cm³/mol. The second-order valence-electron chi connectivity index (χ2n) is 9.78. The first-order valence-corrected chi connectivity index (χ1v) is 14.0. The first-order valence-electron chi connectivity index (χ1n) is 12.5. The molecule has 40 heavy (non-hydrogen) atoms. The number of aromatic hydroxyl groups is 1. The fraction of sp³-hybridized carbons (Fsp3) is 0.172. The van der Waals surface area contributed by atoms with Gasteiger partial charge in [-0.25, -0.2) is 0 Å². The van der Waals surface area contributed by atoms with E-state index in [0.717, 1.165) is 0 Å². The van der Waals surface area contributed by atoms with Gasteiger partial charge in [0.1, 0.15) is 16.2 Å². The lowest BCUT2D eigenvalue weighted by Crippen LogP contribution is -2.33. The Labute approximate surface area is 230 Å². The number of carbonyl (C=O) groups excluding carboxylic acids is 1. The lowest BCUT2D eigenvalue weighted by atomic mass is 10.1. The number of benzene rings is 3. The average molecular weight is 556 g/mol. The molecular weight excluding hydrogens is 530 g/mol. The van der Waals surface area contributed by atoms with Gasteiger partial charge in [-0.3, -0.25) is 9.59 Å². The fourth-order valence-corrected chi connectivity index (χ4v) is 5.62. The van der Waals surface area contributed by atoms with Gasteiger partial charge in [-0.2, -0.15) is 13.7 Å². The molecule has 2 heterocycles. The minimum absolute atomic E-state index is 0.0374. The van der Waals surface area contributed by atoms with Crippen molar-refractivity contribution in [3.63, 3.8) is 0 Å². The molecule has 0 radical (unpaired) electrons. The average Bonchev–Trinajstić information content (AvgIpc) is 2.93. The Morgan fingerprint density at radius 3 is 2.65 bits per heavy atom. The van der Waals surface area contributed by atoms with Crippen molar-refractivity contribution in [2.24, 2.45) is 10.3 Å². The standard InChI is InChI=1S/C29H25N5O5S/c1-17(2)12-13-34-23-11-10-20(31-28(36)19-7-5-6-18(14-19)16-30)15-21(23)26(35)25(29(34)37)27-32-22-8-3-4-9-24(22)40(38,39)33-27/h3-11,14-15,17,35H,12-13H2,1-2H3,(H,31,36)(H,32,33). The van der Waals surface area contributed by atoms with E-state index in [2.05, 4.69) is 15.0 Å². The summed E-state index contributed by atoms with van der Waals surface area (Å²) in [6, 6.07) is 19.1. The maximum Gasteiger partial charge on any atom is 0.286 e. The molecule has 202 valence electrons. The van der Waals surface area contributed by atoms with E-state index in [1.165, 1.54) is 22.8 Å². The number of nitrogens with one attached hydrogen (secondary N) is 2. The summed E-state index contributed by atoms with van der Waals surface area (Å²) in [6.07, 6.45) is 0.647. The normalized spacial score (nSPS) is 13.7. The third-order valence-electron chi connectivity index (χ3n) is 6.55. The van der Waals surface area contributed by atoms with Crippen LogP contribution in [0.15, 0.2) is 80.8 Å². The van der Waals surface area contributed by atoms with Gasteiger partial charge in [0.2, 0.25) is 0 Å². The number of aromatic nitrogens is 1. The van der Waals surface area contributed by atoms with Crippen LogP contribution < -0.4 is 16.2 Å². The van der Waals surface area contributed by atoms with Crippen LogP contribution in [0.4, 0.5) is 11.4 Å². The summed E-state index contributed by atoms with van der Waals surface area (Å²) < 4.78 is 31.1. The Hall–Kier alpha value is -4.95. The predicted octanol–water partition coefficient (Wildman–Crippen LogP) is 4.44. The molecule has 0 aliphatic carbocycles. The fourth-order valence-electron chi connectivity index (χ4n) is 4.50. The number of para-hydroxylation sites is 1. The molecule has 5 rings (SSSR count). The number of hydrogen-bond acceptors (Lipinski definition) is 7. The summed E-state index contributed by atoms with van der Waals surface area (Å²) in [7, 11) is -4.14. The number of nitriles is 1. The minimum atomic E-state index is -4.14. The summed E-state index contributed by atoms with van der Waals surface area (Å²) in [5, 5.41) is 26.4.